The summed E-state index contributed by atoms with van der Waals surface area (Å²) in [5.74, 6) is 0.243. The van der Waals surface area contributed by atoms with E-state index in [9.17, 15) is 4.79 Å². The molecule has 0 fully saturated rings. The summed E-state index contributed by atoms with van der Waals surface area (Å²) in [5.41, 5.74) is 8.30. The van der Waals surface area contributed by atoms with Gasteiger partial charge in [0, 0.05) is 23.9 Å². The highest BCUT2D eigenvalue weighted by atomic mass is 32.1. The Kier molecular flexibility index (Phi) is 2.13. The molecule has 84 valence electrons. The second kappa shape index (κ2) is 3.54. The second-order valence-electron chi connectivity index (χ2n) is 4.12. The van der Waals surface area contributed by atoms with Gasteiger partial charge in [0.2, 0.25) is 0 Å². The number of aromatic nitrogens is 1. The van der Waals surface area contributed by atoms with Crippen molar-refractivity contribution in [3.05, 3.63) is 22.2 Å². The number of ketones is 1. The molecule has 2 aromatic rings. The Morgan fingerprint density at radius 3 is 3.06 bits per heavy atom. The average molecular weight is 243 g/mol. The summed E-state index contributed by atoms with van der Waals surface area (Å²) in [5, 5.41) is 9.73. The average Bonchev–Trinajstić information content (AvgIpc) is 2.63. The van der Waals surface area contributed by atoms with Gasteiger partial charge in [0.1, 0.15) is 21.6 Å². The van der Waals surface area contributed by atoms with E-state index in [4.69, 9.17) is 11.0 Å². The maximum Gasteiger partial charge on any atom is 0.137 e. The van der Waals surface area contributed by atoms with Crippen LogP contribution in [0, 0.1) is 11.3 Å². The van der Waals surface area contributed by atoms with Crippen LogP contribution in [0.4, 0.5) is 5.69 Å². The molecule has 5 heteroatoms. The highest BCUT2D eigenvalue weighted by Crippen LogP contribution is 2.34. The van der Waals surface area contributed by atoms with Gasteiger partial charge in [-0.2, -0.15) is 5.26 Å². The molecule has 1 aliphatic rings. The number of thiophene rings is 1. The van der Waals surface area contributed by atoms with E-state index >= 15 is 0 Å². The van der Waals surface area contributed by atoms with Gasteiger partial charge in [-0.15, -0.1) is 11.3 Å². The maximum atomic E-state index is 11.4. The first-order chi connectivity index (χ1) is 8.19. The number of carbonyl (C=O) groups excluding carboxylic acids is 1. The monoisotopic (exact) mass is 243 g/mol. The first-order valence-corrected chi connectivity index (χ1v) is 6.13. The highest BCUT2D eigenvalue weighted by molar-refractivity contribution is 7.19. The highest BCUT2D eigenvalue weighted by Gasteiger charge is 2.20. The fourth-order valence-corrected chi connectivity index (χ4v) is 3.02. The first-order valence-electron chi connectivity index (χ1n) is 5.31. The number of rotatable bonds is 0. The van der Waals surface area contributed by atoms with E-state index in [-0.39, 0.29) is 5.78 Å². The van der Waals surface area contributed by atoms with E-state index in [0.717, 1.165) is 21.5 Å². The van der Waals surface area contributed by atoms with E-state index < -0.39 is 0 Å². The molecule has 1 aliphatic carbocycles. The number of nitrogens with two attached hydrogens (primary N) is 1. The van der Waals surface area contributed by atoms with E-state index in [1.54, 1.807) is 0 Å². The SMILES string of the molecule is N#Cc1sc2nc3c(cc2c1N)CC(=O)CC3. The van der Waals surface area contributed by atoms with Gasteiger partial charge in [-0.25, -0.2) is 4.98 Å². The molecule has 0 amide bonds. The van der Waals surface area contributed by atoms with Gasteiger partial charge in [0.15, 0.2) is 0 Å². The van der Waals surface area contributed by atoms with E-state index in [0.29, 0.717) is 29.8 Å². The van der Waals surface area contributed by atoms with Crippen LogP contribution in [0.5, 0.6) is 0 Å². The standard InChI is InChI=1S/C12H9N3OS/c13-5-10-11(14)8-4-6-3-7(16)1-2-9(6)15-12(8)17-10/h4H,1-3,14H2. The van der Waals surface area contributed by atoms with Crippen LogP contribution < -0.4 is 5.73 Å². The molecule has 3 rings (SSSR count). The molecule has 0 saturated heterocycles. The van der Waals surface area contributed by atoms with Crippen LogP contribution in [0.2, 0.25) is 0 Å². The number of hydrogen-bond donors (Lipinski definition) is 1. The summed E-state index contributed by atoms with van der Waals surface area (Å²) in [6.45, 7) is 0. The van der Waals surface area contributed by atoms with Gasteiger partial charge in [0.05, 0.1) is 5.69 Å². The molecule has 0 unspecified atom stereocenters. The van der Waals surface area contributed by atoms with E-state index in [1.165, 1.54) is 11.3 Å². The Morgan fingerprint density at radius 1 is 1.47 bits per heavy atom. The van der Waals surface area contributed by atoms with Crippen molar-refractivity contribution in [1.82, 2.24) is 4.98 Å². The van der Waals surface area contributed by atoms with Crippen molar-refractivity contribution in [3.8, 4) is 6.07 Å². The number of nitriles is 1. The third kappa shape index (κ3) is 1.49. The third-order valence-electron chi connectivity index (χ3n) is 3.02. The molecular formula is C12H9N3OS. The molecule has 0 bridgehead atoms. The van der Waals surface area contributed by atoms with Crippen molar-refractivity contribution in [2.45, 2.75) is 19.3 Å². The van der Waals surface area contributed by atoms with Crippen molar-refractivity contribution in [1.29, 1.82) is 5.26 Å². The van der Waals surface area contributed by atoms with Crippen LogP contribution in [-0.2, 0) is 17.6 Å². The van der Waals surface area contributed by atoms with Crippen molar-refractivity contribution in [3.63, 3.8) is 0 Å². The number of nitrogen functional groups attached to an aromatic ring is 1. The van der Waals surface area contributed by atoms with Crippen molar-refractivity contribution < 1.29 is 4.79 Å². The quantitative estimate of drug-likeness (QED) is 0.765. The fourth-order valence-electron chi connectivity index (χ4n) is 2.13. The largest absolute Gasteiger partial charge is 0.396 e. The summed E-state index contributed by atoms with van der Waals surface area (Å²) in [7, 11) is 0. The minimum Gasteiger partial charge on any atom is -0.396 e. The van der Waals surface area contributed by atoms with Gasteiger partial charge < -0.3 is 5.73 Å². The van der Waals surface area contributed by atoms with Crippen LogP contribution >= 0.6 is 11.3 Å². The molecule has 2 heterocycles. The number of fused-ring (bicyclic) bond motifs is 2. The van der Waals surface area contributed by atoms with Gasteiger partial charge in [0.25, 0.3) is 0 Å². The summed E-state index contributed by atoms with van der Waals surface area (Å²) in [4.78, 5) is 17.2. The molecule has 2 N–H and O–H groups in total. The second-order valence-corrected chi connectivity index (χ2v) is 5.12. The van der Waals surface area contributed by atoms with Gasteiger partial charge >= 0.3 is 0 Å². The lowest BCUT2D eigenvalue weighted by Crippen LogP contribution is -2.14. The number of nitrogens with zero attached hydrogens (tertiary/aromatic N) is 2. The number of Topliss-reactive ketones (excluding diaryl/α,β-unsaturated/α-hetero) is 1. The Hall–Kier alpha value is -1.93. The molecular weight excluding hydrogens is 234 g/mol. The predicted octanol–water partition coefficient (Wildman–Crippen LogP) is 1.81. The normalized spacial score (nSPS) is 14.6. The summed E-state index contributed by atoms with van der Waals surface area (Å²) in [6.07, 6.45) is 1.71. The molecule has 4 nitrogen and oxygen atoms in total. The Labute approximate surface area is 102 Å². The van der Waals surface area contributed by atoms with Crippen molar-refractivity contribution in [2.24, 2.45) is 0 Å². The molecule has 0 atom stereocenters. The van der Waals surface area contributed by atoms with Gasteiger partial charge in [-0.3, -0.25) is 4.79 Å². The topological polar surface area (TPSA) is 79.8 Å². The van der Waals surface area contributed by atoms with Gasteiger partial charge in [-0.1, -0.05) is 0 Å². The lowest BCUT2D eigenvalue weighted by atomic mass is 9.94. The number of pyridine rings is 1. The maximum absolute atomic E-state index is 11.4. The van der Waals surface area contributed by atoms with E-state index in [2.05, 4.69) is 11.1 Å². The smallest absolute Gasteiger partial charge is 0.137 e. The minimum absolute atomic E-state index is 0.243. The third-order valence-corrected chi connectivity index (χ3v) is 4.04. The number of hydrogen-bond acceptors (Lipinski definition) is 5. The Bertz CT molecular complexity index is 681. The molecule has 0 spiro atoms. The fraction of sp³-hybridized carbons (Fsp3) is 0.250. The number of anilines is 1. The molecule has 17 heavy (non-hydrogen) atoms. The first kappa shape index (κ1) is 10.2. The molecule has 0 radical (unpaired) electrons. The molecule has 2 aromatic heterocycles. The van der Waals surface area contributed by atoms with Crippen LogP contribution in [0.15, 0.2) is 6.07 Å². The lowest BCUT2D eigenvalue weighted by Gasteiger charge is -2.13. The van der Waals surface area contributed by atoms with Crippen LogP contribution in [-0.4, -0.2) is 10.8 Å². The zero-order valence-electron chi connectivity index (χ0n) is 8.99. The minimum atomic E-state index is 0.243. The zero-order chi connectivity index (χ0) is 12.0. The summed E-state index contributed by atoms with van der Waals surface area (Å²) in [6, 6.07) is 3.99. The number of carbonyl (C=O) groups is 1. The van der Waals surface area contributed by atoms with Crippen LogP contribution in [0.1, 0.15) is 22.6 Å². The summed E-state index contributed by atoms with van der Waals surface area (Å²) < 4.78 is 0. The van der Waals surface area contributed by atoms with Crippen molar-refractivity contribution >= 4 is 33.0 Å². The van der Waals surface area contributed by atoms with E-state index in [1.807, 2.05) is 6.07 Å². The van der Waals surface area contributed by atoms with Crippen LogP contribution in [0.3, 0.4) is 0 Å². The predicted molar refractivity (Wildman–Crippen MR) is 65.8 cm³/mol. The van der Waals surface area contributed by atoms with Crippen LogP contribution in [0.25, 0.3) is 10.2 Å². The lowest BCUT2D eigenvalue weighted by molar-refractivity contribution is -0.118. The zero-order valence-corrected chi connectivity index (χ0v) is 9.80. The Morgan fingerprint density at radius 2 is 2.29 bits per heavy atom. The molecule has 0 saturated carbocycles. The van der Waals surface area contributed by atoms with Gasteiger partial charge in [-0.05, 0) is 18.1 Å². The van der Waals surface area contributed by atoms with Crippen molar-refractivity contribution in [2.75, 3.05) is 5.73 Å². The Balaban J connectivity index is 2.28. The molecule has 0 aliphatic heterocycles. The molecule has 0 aromatic carbocycles. The summed E-state index contributed by atoms with van der Waals surface area (Å²) >= 11 is 1.32. The number of aryl methyl sites for hydroxylation is 1.